The van der Waals surface area contributed by atoms with Gasteiger partial charge in [0.2, 0.25) is 5.91 Å². The lowest BCUT2D eigenvalue weighted by molar-refractivity contribution is -0.137. The number of hydrogen-bond acceptors (Lipinski definition) is 3. The predicted octanol–water partition coefficient (Wildman–Crippen LogP) is 4.07. The van der Waals surface area contributed by atoms with Crippen molar-refractivity contribution in [1.82, 2.24) is 0 Å². The molecular weight excluding hydrogens is 405 g/mol. The number of sulfonamides is 1. The van der Waals surface area contributed by atoms with E-state index in [2.05, 4.69) is 4.72 Å². The van der Waals surface area contributed by atoms with Crippen LogP contribution in [-0.2, 0) is 27.4 Å². The van der Waals surface area contributed by atoms with E-state index in [1.807, 2.05) is 0 Å². The van der Waals surface area contributed by atoms with Crippen molar-refractivity contribution in [3.05, 3.63) is 52.5 Å². The number of nitrogens with zero attached hydrogens (tertiary/aromatic N) is 1. The lowest BCUT2D eigenvalue weighted by Gasteiger charge is -2.15. The van der Waals surface area contributed by atoms with Crippen molar-refractivity contribution in [3.63, 3.8) is 0 Å². The Balaban J connectivity index is 1.89. The maximum Gasteiger partial charge on any atom is 0.416 e. The molecule has 10 heteroatoms. The van der Waals surface area contributed by atoms with Crippen molar-refractivity contribution < 1.29 is 26.4 Å². The van der Waals surface area contributed by atoms with E-state index >= 15 is 0 Å². The van der Waals surface area contributed by atoms with Crippen LogP contribution < -0.4 is 9.62 Å². The third-order valence-corrected chi connectivity index (χ3v) is 5.85. The van der Waals surface area contributed by atoms with Crippen LogP contribution in [0, 0.1) is 0 Å². The third-order valence-electron chi connectivity index (χ3n) is 4.18. The molecular formula is C17H14ClF3N2O3S. The van der Waals surface area contributed by atoms with Crippen molar-refractivity contribution in [2.24, 2.45) is 0 Å². The van der Waals surface area contributed by atoms with Crippen LogP contribution in [0.1, 0.15) is 18.1 Å². The SMILES string of the molecule is CC(=O)N1CCc2cc(S(=O)(=O)Nc3ccc(C(F)(F)F)cc3Cl)ccc21. The fourth-order valence-corrected chi connectivity index (χ4v) is 4.26. The molecule has 0 aliphatic carbocycles. The molecule has 0 unspecified atom stereocenters. The van der Waals surface area contributed by atoms with Gasteiger partial charge < -0.3 is 4.90 Å². The highest BCUT2D eigenvalue weighted by molar-refractivity contribution is 7.92. The number of carbonyl (C=O) groups is 1. The number of fused-ring (bicyclic) bond motifs is 1. The lowest BCUT2D eigenvalue weighted by atomic mass is 10.2. The Morgan fingerprint density at radius 2 is 1.89 bits per heavy atom. The number of carbonyl (C=O) groups excluding carboxylic acids is 1. The van der Waals surface area contributed by atoms with E-state index in [-0.39, 0.29) is 21.5 Å². The van der Waals surface area contributed by atoms with Crippen molar-refractivity contribution in [3.8, 4) is 0 Å². The van der Waals surface area contributed by atoms with E-state index < -0.39 is 21.8 Å². The van der Waals surface area contributed by atoms with Crippen LogP contribution in [0.15, 0.2) is 41.3 Å². The molecule has 0 saturated carbocycles. The fraction of sp³-hybridized carbons (Fsp3) is 0.235. The standard InChI is InChI=1S/C17H14ClF3N2O3S/c1-10(24)23-7-6-11-8-13(3-5-16(11)23)27(25,26)22-15-4-2-12(9-14(15)18)17(19,20)21/h2-5,8-9,22H,6-7H2,1H3. The first kappa shape index (κ1) is 19.5. The van der Waals surface area contributed by atoms with Gasteiger partial charge in [-0.2, -0.15) is 13.2 Å². The zero-order valence-electron chi connectivity index (χ0n) is 14.0. The molecule has 1 heterocycles. The normalized spacial score (nSPS) is 14.2. The molecule has 1 aliphatic rings. The first-order valence-corrected chi connectivity index (χ1v) is 9.66. The summed E-state index contributed by atoms with van der Waals surface area (Å²) < 4.78 is 65.4. The summed E-state index contributed by atoms with van der Waals surface area (Å²) in [4.78, 5) is 13.0. The molecule has 144 valence electrons. The van der Waals surface area contributed by atoms with Gasteiger partial charge in [0.15, 0.2) is 0 Å². The molecule has 27 heavy (non-hydrogen) atoms. The zero-order valence-corrected chi connectivity index (χ0v) is 15.5. The van der Waals surface area contributed by atoms with Crippen molar-refractivity contribution in [2.45, 2.75) is 24.4 Å². The molecule has 5 nitrogen and oxygen atoms in total. The number of amides is 1. The third kappa shape index (κ3) is 3.89. The summed E-state index contributed by atoms with van der Waals surface area (Å²) in [6.45, 7) is 1.89. The molecule has 0 atom stereocenters. The molecule has 2 aromatic rings. The smallest absolute Gasteiger partial charge is 0.312 e. The Labute approximate surface area is 158 Å². The quantitative estimate of drug-likeness (QED) is 0.817. The maximum absolute atomic E-state index is 12.7. The van der Waals surface area contributed by atoms with E-state index in [9.17, 15) is 26.4 Å². The van der Waals surface area contributed by atoms with E-state index in [1.165, 1.54) is 25.1 Å². The molecule has 0 radical (unpaired) electrons. The predicted molar refractivity (Wildman–Crippen MR) is 95.4 cm³/mol. The van der Waals surface area contributed by atoms with Crippen molar-refractivity contribution in [1.29, 1.82) is 0 Å². The van der Waals surface area contributed by atoms with Crippen molar-refractivity contribution >= 4 is 38.9 Å². The van der Waals surface area contributed by atoms with Gasteiger partial charge in [0.05, 0.1) is 21.2 Å². The number of anilines is 2. The van der Waals surface area contributed by atoms with Gasteiger partial charge in [0.1, 0.15) is 0 Å². The van der Waals surface area contributed by atoms with Gasteiger partial charge in [-0.1, -0.05) is 11.6 Å². The monoisotopic (exact) mass is 418 g/mol. The van der Waals surface area contributed by atoms with Crippen LogP contribution >= 0.6 is 11.6 Å². The summed E-state index contributed by atoms with van der Waals surface area (Å²) >= 11 is 5.81. The second-order valence-corrected chi connectivity index (χ2v) is 8.10. The van der Waals surface area contributed by atoms with Crippen LogP contribution in [0.3, 0.4) is 0 Å². The largest absolute Gasteiger partial charge is 0.416 e. The Morgan fingerprint density at radius 1 is 1.19 bits per heavy atom. The van der Waals surface area contributed by atoms with E-state index in [0.29, 0.717) is 30.3 Å². The summed E-state index contributed by atoms with van der Waals surface area (Å²) in [7, 11) is -4.06. The molecule has 0 aromatic heterocycles. The minimum atomic E-state index is -4.58. The number of benzene rings is 2. The number of alkyl halides is 3. The molecule has 3 rings (SSSR count). The highest BCUT2D eigenvalue weighted by Gasteiger charge is 2.31. The Morgan fingerprint density at radius 3 is 2.48 bits per heavy atom. The molecule has 1 N–H and O–H groups in total. The van der Waals surface area contributed by atoms with E-state index in [1.54, 1.807) is 4.90 Å². The van der Waals surface area contributed by atoms with Gasteiger partial charge in [0, 0.05) is 19.2 Å². The summed E-state index contributed by atoms with van der Waals surface area (Å²) in [5.41, 5.74) is 0.216. The molecule has 0 saturated heterocycles. The average Bonchev–Trinajstić information content (AvgIpc) is 2.99. The highest BCUT2D eigenvalue weighted by atomic mass is 35.5. The van der Waals surface area contributed by atoms with Crippen LogP contribution in [0.25, 0.3) is 0 Å². The summed E-state index contributed by atoms with van der Waals surface area (Å²) in [6, 6.07) is 6.68. The average molecular weight is 419 g/mol. The Kier molecular flexibility index (Phi) is 4.85. The number of hydrogen-bond donors (Lipinski definition) is 1. The van der Waals surface area contributed by atoms with Gasteiger partial charge in [0.25, 0.3) is 10.0 Å². The van der Waals surface area contributed by atoms with Crippen molar-refractivity contribution in [2.75, 3.05) is 16.2 Å². The molecule has 0 fully saturated rings. The van der Waals surface area contributed by atoms with E-state index in [0.717, 1.165) is 12.1 Å². The Bertz CT molecular complexity index is 1020. The first-order valence-electron chi connectivity index (χ1n) is 7.79. The molecule has 0 spiro atoms. The molecule has 1 amide bonds. The number of nitrogens with one attached hydrogen (secondary N) is 1. The second kappa shape index (κ2) is 6.72. The minimum Gasteiger partial charge on any atom is -0.312 e. The summed E-state index contributed by atoms with van der Waals surface area (Å²) in [5.74, 6) is -0.140. The number of rotatable bonds is 3. The highest BCUT2D eigenvalue weighted by Crippen LogP contribution is 2.35. The fourth-order valence-electron chi connectivity index (χ4n) is 2.85. The summed E-state index contributed by atoms with van der Waals surface area (Å²) in [6.07, 6.45) is -4.07. The number of halogens is 4. The zero-order chi connectivity index (χ0) is 20.0. The van der Waals surface area contributed by atoms with Gasteiger partial charge >= 0.3 is 6.18 Å². The lowest BCUT2D eigenvalue weighted by Crippen LogP contribution is -2.25. The van der Waals surface area contributed by atoms with Crippen LogP contribution in [0.5, 0.6) is 0 Å². The summed E-state index contributed by atoms with van der Waals surface area (Å²) in [5, 5.41) is -0.364. The van der Waals surface area contributed by atoms with Gasteiger partial charge in [-0.05, 0) is 48.4 Å². The maximum atomic E-state index is 12.7. The second-order valence-electron chi connectivity index (χ2n) is 6.01. The topological polar surface area (TPSA) is 66.5 Å². The van der Waals surface area contributed by atoms with Gasteiger partial charge in [-0.15, -0.1) is 0 Å². The first-order chi connectivity index (χ1) is 12.5. The van der Waals surface area contributed by atoms with E-state index in [4.69, 9.17) is 11.6 Å². The van der Waals surface area contributed by atoms with Crippen LogP contribution in [0.4, 0.5) is 24.5 Å². The molecule has 1 aliphatic heterocycles. The Hall–Kier alpha value is -2.26. The van der Waals surface area contributed by atoms with Gasteiger partial charge in [-0.3, -0.25) is 9.52 Å². The van der Waals surface area contributed by atoms with Crippen LogP contribution in [-0.4, -0.2) is 20.9 Å². The molecule has 2 aromatic carbocycles. The molecule has 0 bridgehead atoms. The van der Waals surface area contributed by atoms with Crippen LogP contribution in [0.2, 0.25) is 5.02 Å². The van der Waals surface area contributed by atoms with Gasteiger partial charge in [-0.25, -0.2) is 8.42 Å². The minimum absolute atomic E-state index is 0.0670.